The maximum atomic E-state index is 12.6. The molecular weight excluding hydrogens is 350 g/mol. The average molecular weight is 369 g/mol. The van der Waals surface area contributed by atoms with E-state index >= 15 is 0 Å². The van der Waals surface area contributed by atoms with Gasteiger partial charge in [0.1, 0.15) is 0 Å². The van der Waals surface area contributed by atoms with Crippen LogP contribution in [0.1, 0.15) is 16.7 Å². The molecule has 0 aliphatic carbocycles. The van der Waals surface area contributed by atoms with Crippen molar-refractivity contribution in [3.05, 3.63) is 64.1 Å². The minimum absolute atomic E-state index is 0.261. The summed E-state index contributed by atoms with van der Waals surface area (Å²) in [7, 11) is 3.12. The van der Waals surface area contributed by atoms with Crippen LogP contribution in [-0.4, -0.2) is 30.3 Å². The van der Waals surface area contributed by atoms with Gasteiger partial charge in [-0.2, -0.15) is 0 Å². The summed E-state index contributed by atoms with van der Waals surface area (Å²) >= 11 is 0.950. The van der Waals surface area contributed by atoms with Crippen LogP contribution in [0.5, 0.6) is 11.5 Å². The van der Waals surface area contributed by atoms with E-state index in [9.17, 15) is 9.59 Å². The van der Waals surface area contributed by atoms with Crippen molar-refractivity contribution in [2.45, 2.75) is 13.5 Å². The maximum Gasteiger partial charge on any atom is 0.293 e. The molecule has 6 heteroatoms. The molecule has 1 saturated heterocycles. The van der Waals surface area contributed by atoms with Crippen molar-refractivity contribution in [3.8, 4) is 11.5 Å². The molecular formula is C20H19NO4S. The van der Waals surface area contributed by atoms with Crippen molar-refractivity contribution in [2.75, 3.05) is 14.2 Å². The molecule has 1 fully saturated rings. The monoisotopic (exact) mass is 369 g/mol. The van der Waals surface area contributed by atoms with E-state index < -0.39 is 0 Å². The summed E-state index contributed by atoms with van der Waals surface area (Å²) in [6.45, 7) is 2.25. The summed E-state index contributed by atoms with van der Waals surface area (Å²) < 4.78 is 10.5. The predicted molar refractivity (Wildman–Crippen MR) is 102 cm³/mol. The van der Waals surface area contributed by atoms with Crippen molar-refractivity contribution in [2.24, 2.45) is 0 Å². The minimum Gasteiger partial charge on any atom is -0.493 e. The van der Waals surface area contributed by atoms with Crippen LogP contribution in [0.4, 0.5) is 4.79 Å². The lowest BCUT2D eigenvalue weighted by Gasteiger charge is -2.12. The topological polar surface area (TPSA) is 55.8 Å². The van der Waals surface area contributed by atoms with Crippen molar-refractivity contribution < 1.29 is 19.1 Å². The number of carbonyl (C=O) groups excluding carboxylic acids is 2. The van der Waals surface area contributed by atoms with Crippen LogP contribution in [0.3, 0.4) is 0 Å². The summed E-state index contributed by atoms with van der Waals surface area (Å²) in [5, 5.41) is -0.261. The van der Waals surface area contributed by atoms with Gasteiger partial charge in [-0.3, -0.25) is 14.5 Å². The van der Waals surface area contributed by atoms with E-state index in [0.717, 1.165) is 28.5 Å². The van der Waals surface area contributed by atoms with Gasteiger partial charge in [0, 0.05) is 0 Å². The fraction of sp³-hybridized carbons (Fsp3) is 0.200. The van der Waals surface area contributed by atoms with Crippen LogP contribution in [0.15, 0.2) is 47.4 Å². The summed E-state index contributed by atoms with van der Waals surface area (Å²) in [5.74, 6) is 0.897. The van der Waals surface area contributed by atoms with Crippen LogP contribution in [0.25, 0.3) is 6.08 Å². The number of carbonyl (C=O) groups is 2. The van der Waals surface area contributed by atoms with Gasteiger partial charge in [0.15, 0.2) is 11.5 Å². The van der Waals surface area contributed by atoms with Gasteiger partial charge in [-0.05, 0) is 48.0 Å². The van der Waals surface area contributed by atoms with Crippen LogP contribution in [0.2, 0.25) is 0 Å². The number of hydrogen-bond acceptors (Lipinski definition) is 5. The van der Waals surface area contributed by atoms with Gasteiger partial charge in [0.25, 0.3) is 11.1 Å². The molecule has 1 aliphatic rings. The van der Waals surface area contributed by atoms with Crippen molar-refractivity contribution in [1.29, 1.82) is 0 Å². The molecule has 2 aromatic carbocycles. The Hall–Kier alpha value is -2.73. The van der Waals surface area contributed by atoms with E-state index in [1.165, 1.54) is 4.90 Å². The smallest absolute Gasteiger partial charge is 0.293 e. The molecule has 0 spiro atoms. The number of rotatable bonds is 5. The Morgan fingerprint density at radius 2 is 1.81 bits per heavy atom. The Morgan fingerprint density at radius 1 is 1.04 bits per heavy atom. The number of benzene rings is 2. The Bertz CT molecular complexity index is 891. The van der Waals surface area contributed by atoms with E-state index in [0.29, 0.717) is 16.4 Å². The molecule has 0 aromatic heterocycles. The van der Waals surface area contributed by atoms with Crippen LogP contribution in [-0.2, 0) is 11.3 Å². The van der Waals surface area contributed by atoms with Crippen LogP contribution >= 0.6 is 11.8 Å². The summed E-state index contributed by atoms with van der Waals surface area (Å²) in [6, 6.07) is 13.1. The molecule has 0 bridgehead atoms. The third-order valence-electron chi connectivity index (χ3n) is 4.00. The molecule has 0 radical (unpaired) electrons. The fourth-order valence-electron chi connectivity index (χ4n) is 2.72. The minimum atomic E-state index is -0.281. The second-order valence-electron chi connectivity index (χ2n) is 5.87. The number of hydrogen-bond donors (Lipinski definition) is 0. The molecule has 0 N–H and O–H groups in total. The average Bonchev–Trinajstić information content (AvgIpc) is 2.89. The maximum absolute atomic E-state index is 12.6. The van der Waals surface area contributed by atoms with Crippen LogP contribution in [0, 0.1) is 6.92 Å². The van der Waals surface area contributed by atoms with Gasteiger partial charge in [-0.15, -0.1) is 0 Å². The van der Waals surface area contributed by atoms with Gasteiger partial charge >= 0.3 is 0 Å². The molecule has 1 aliphatic heterocycles. The number of amides is 2. The van der Waals surface area contributed by atoms with E-state index in [4.69, 9.17) is 9.47 Å². The zero-order chi connectivity index (χ0) is 18.7. The Kier molecular flexibility index (Phi) is 5.32. The van der Waals surface area contributed by atoms with Crippen LogP contribution < -0.4 is 9.47 Å². The van der Waals surface area contributed by atoms with Crippen molar-refractivity contribution in [3.63, 3.8) is 0 Å². The zero-order valence-corrected chi connectivity index (χ0v) is 15.6. The molecule has 0 atom stereocenters. The molecule has 5 nitrogen and oxygen atoms in total. The molecule has 2 aromatic rings. The second kappa shape index (κ2) is 7.66. The summed E-state index contributed by atoms with van der Waals surface area (Å²) in [5.41, 5.74) is 2.79. The first-order chi connectivity index (χ1) is 12.5. The Morgan fingerprint density at radius 3 is 2.50 bits per heavy atom. The Balaban J connectivity index is 1.83. The number of imide groups is 1. The number of thioether (sulfide) groups is 1. The molecule has 2 amide bonds. The summed E-state index contributed by atoms with van der Waals surface area (Å²) in [4.78, 5) is 26.6. The number of nitrogens with zero attached hydrogens (tertiary/aromatic N) is 1. The lowest BCUT2D eigenvalue weighted by Crippen LogP contribution is -2.27. The van der Waals surface area contributed by atoms with E-state index in [1.54, 1.807) is 32.4 Å². The fourth-order valence-corrected chi connectivity index (χ4v) is 3.56. The molecule has 3 rings (SSSR count). The molecule has 134 valence electrons. The number of aryl methyl sites for hydroxylation is 1. The van der Waals surface area contributed by atoms with Gasteiger partial charge < -0.3 is 9.47 Å². The molecule has 0 saturated carbocycles. The first-order valence-corrected chi connectivity index (χ1v) is 8.86. The standard InChI is InChI=1S/C20H19NO4S/c1-13-5-4-6-15(9-13)12-21-19(22)18(26-20(21)23)11-14-7-8-16(24-2)17(10-14)25-3/h4-11H,12H2,1-3H3/b18-11+. The highest BCUT2D eigenvalue weighted by Crippen LogP contribution is 2.35. The SMILES string of the molecule is COc1ccc(/C=C2/SC(=O)N(Cc3cccc(C)c3)C2=O)cc1OC. The second-order valence-corrected chi connectivity index (χ2v) is 6.86. The van der Waals surface area contributed by atoms with E-state index in [1.807, 2.05) is 37.3 Å². The number of ether oxygens (including phenoxy) is 2. The zero-order valence-electron chi connectivity index (χ0n) is 14.8. The predicted octanol–water partition coefficient (Wildman–Crippen LogP) is 4.25. The first kappa shape index (κ1) is 18.1. The van der Waals surface area contributed by atoms with Gasteiger partial charge in [0.05, 0.1) is 25.7 Å². The third-order valence-corrected chi connectivity index (χ3v) is 4.91. The first-order valence-electron chi connectivity index (χ1n) is 8.04. The highest BCUT2D eigenvalue weighted by atomic mass is 32.2. The third kappa shape index (κ3) is 3.75. The highest BCUT2D eigenvalue weighted by Gasteiger charge is 2.35. The largest absolute Gasteiger partial charge is 0.493 e. The van der Waals surface area contributed by atoms with Gasteiger partial charge in [0.2, 0.25) is 0 Å². The number of methoxy groups -OCH3 is 2. The lowest BCUT2D eigenvalue weighted by molar-refractivity contribution is -0.123. The molecule has 26 heavy (non-hydrogen) atoms. The van der Waals surface area contributed by atoms with Gasteiger partial charge in [-0.25, -0.2) is 0 Å². The molecule has 1 heterocycles. The van der Waals surface area contributed by atoms with E-state index in [-0.39, 0.29) is 17.7 Å². The van der Waals surface area contributed by atoms with Crippen molar-refractivity contribution >= 4 is 29.0 Å². The Labute approximate surface area is 156 Å². The normalized spacial score (nSPS) is 15.7. The summed E-state index contributed by atoms with van der Waals surface area (Å²) in [6.07, 6.45) is 1.70. The quantitative estimate of drug-likeness (QED) is 0.738. The highest BCUT2D eigenvalue weighted by molar-refractivity contribution is 8.18. The molecule has 0 unspecified atom stereocenters. The van der Waals surface area contributed by atoms with Crippen molar-refractivity contribution in [1.82, 2.24) is 4.90 Å². The lowest BCUT2D eigenvalue weighted by atomic mass is 10.1. The van der Waals surface area contributed by atoms with Gasteiger partial charge in [-0.1, -0.05) is 35.9 Å². The van der Waals surface area contributed by atoms with E-state index in [2.05, 4.69) is 0 Å².